The zero-order chi connectivity index (χ0) is 11.5. The first-order valence-corrected chi connectivity index (χ1v) is 5.97. The van der Waals surface area contributed by atoms with Crippen LogP contribution >= 0.6 is 22.9 Å². The Kier molecular flexibility index (Phi) is 3.26. The Bertz CT molecular complexity index is 526. The molecule has 2 aromatic rings. The van der Waals surface area contributed by atoms with Crippen LogP contribution in [0.15, 0.2) is 17.6 Å². The summed E-state index contributed by atoms with van der Waals surface area (Å²) in [6.07, 6.45) is 1.67. The van der Waals surface area contributed by atoms with Crippen molar-refractivity contribution in [1.82, 2.24) is 15.0 Å². The van der Waals surface area contributed by atoms with Crippen LogP contribution in [-0.4, -0.2) is 26.6 Å². The Hall–Kier alpha value is -1.33. The zero-order valence-corrected chi connectivity index (χ0v) is 10.0. The van der Waals surface area contributed by atoms with Crippen LogP contribution in [0.1, 0.15) is 16.3 Å². The Labute approximate surface area is 101 Å². The maximum atomic E-state index is 11.3. The monoisotopic (exact) mass is 253 g/mol. The van der Waals surface area contributed by atoms with Crippen molar-refractivity contribution in [2.24, 2.45) is 0 Å². The molecular formula is C10H8ClN3OS. The first-order chi connectivity index (χ1) is 7.70. The Morgan fingerprint density at radius 3 is 3.00 bits per heavy atom. The molecule has 2 aromatic heterocycles. The number of halogens is 1. The maximum absolute atomic E-state index is 11.3. The van der Waals surface area contributed by atoms with E-state index in [-0.39, 0.29) is 11.7 Å². The van der Waals surface area contributed by atoms with Crippen molar-refractivity contribution in [3.63, 3.8) is 0 Å². The van der Waals surface area contributed by atoms with Crippen LogP contribution in [0.4, 0.5) is 0 Å². The lowest BCUT2D eigenvalue weighted by molar-refractivity contribution is 0.101. The van der Waals surface area contributed by atoms with Gasteiger partial charge in [0.1, 0.15) is 22.2 Å². The lowest BCUT2D eigenvalue weighted by atomic mass is 10.3. The van der Waals surface area contributed by atoms with Gasteiger partial charge in [-0.05, 0) is 13.0 Å². The summed E-state index contributed by atoms with van der Waals surface area (Å²) in [5, 5.41) is 2.40. The SMILES string of the molecule is Cc1nccc(-c2nc(C(=O)CCl)cs2)n1. The fourth-order valence-electron chi connectivity index (χ4n) is 1.16. The van der Waals surface area contributed by atoms with Crippen LogP contribution in [0.5, 0.6) is 0 Å². The minimum atomic E-state index is -0.171. The van der Waals surface area contributed by atoms with Crippen LogP contribution < -0.4 is 0 Å². The molecule has 6 heteroatoms. The first kappa shape index (κ1) is 11.2. The molecule has 0 aliphatic carbocycles. The molecule has 0 atom stereocenters. The van der Waals surface area contributed by atoms with Crippen LogP contribution in [0.25, 0.3) is 10.7 Å². The van der Waals surface area contributed by atoms with Crippen LogP contribution in [0, 0.1) is 6.92 Å². The van der Waals surface area contributed by atoms with E-state index in [1.165, 1.54) is 11.3 Å². The molecule has 0 unspecified atom stereocenters. The molecule has 0 amide bonds. The van der Waals surface area contributed by atoms with Gasteiger partial charge in [0, 0.05) is 11.6 Å². The largest absolute Gasteiger partial charge is 0.291 e. The molecule has 2 rings (SSSR count). The molecule has 0 saturated carbocycles. The predicted octanol–water partition coefficient (Wildman–Crippen LogP) is 2.33. The molecule has 0 radical (unpaired) electrons. The molecular weight excluding hydrogens is 246 g/mol. The molecule has 4 nitrogen and oxygen atoms in total. The van der Waals surface area contributed by atoms with E-state index < -0.39 is 0 Å². The number of alkyl halides is 1. The van der Waals surface area contributed by atoms with Gasteiger partial charge in [-0.3, -0.25) is 4.79 Å². The molecule has 82 valence electrons. The summed E-state index contributed by atoms with van der Waals surface area (Å²) >= 11 is 6.83. The second-order valence-corrected chi connectivity index (χ2v) is 4.21. The number of ketones is 1. The summed E-state index contributed by atoms with van der Waals surface area (Å²) in [7, 11) is 0. The lowest BCUT2D eigenvalue weighted by Gasteiger charge is -1.95. The van der Waals surface area contributed by atoms with Crippen LogP contribution in [-0.2, 0) is 0 Å². The summed E-state index contributed by atoms with van der Waals surface area (Å²) in [6.45, 7) is 1.81. The van der Waals surface area contributed by atoms with E-state index in [4.69, 9.17) is 11.6 Å². The quantitative estimate of drug-likeness (QED) is 0.622. The lowest BCUT2D eigenvalue weighted by Crippen LogP contribution is -2.00. The maximum Gasteiger partial charge on any atom is 0.196 e. The van der Waals surface area contributed by atoms with Gasteiger partial charge in [0.15, 0.2) is 5.78 Å². The summed E-state index contributed by atoms with van der Waals surface area (Å²) in [4.78, 5) is 23.7. The van der Waals surface area contributed by atoms with Gasteiger partial charge < -0.3 is 0 Å². The van der Waals surface area contributed by atoms with E-state index in [1.54, 1.807) is 17.6 Å². The molecule has 0 aromatic carbocycles. The van der Waals surface area contributed by atoms with Crippen molar-refractivity contribution in [2.75, 3.05) is 5.88 Å². The number of hydrogen-bond donors (Lipinski definition) is 0. The van der Waals surface area contributed by atoms with Gasteiger partial charge in [0.2, 0.25) is 0 Å². The van der Waals surface area contributed by atoms with E-state index >= 15 is 0 Å². The molecule has 2 heterocycles. The third-order valence-corrected chi connectivity index (χ3v) is 3.01. The highest BCUT2D eigenvalue weighted by atomic mass is 35.5. The van der Waals surface area contributed by atoms with Gasteiger partial charge in [-0.1, -0.05) is 0 Å². The minimum absolute atomic E-state index is 0.0496. The molecule has 16 heavy (non-hydrogen) atoms. The Balaban J connectivity index is 2.35. The molecule has 0 spiro atoms. The van der Waals surface area contributed by atoms with E-state index in [0.29, 0.717) is 16.5 Å². The predicted molar refractivity (Wildman–Crippen MR) is 62.9 cm³/mol. The van der Waals surface area contributed by atoms with Gasteiger partial charge in [0.25, 0.3) is 0 Å². The van der Waals surface area contributed by atoms with Gasteiger partial charge >= 0.3 is 0 Å². The number of carbonyl (C=O) groups excluding carboxylic acids is 1. The highest BCUT2D eigenvalue weighted by Crippen LogP contribution is 2.21. The smallest absolute Gasteiger partial charge is 0.196 e. The Morgan fingerprint density at radius 1 is 1.50 bits per heavy atom. The van der Waals surface area contributed by atoms with Gasteiger partial charge in [-0.15, -0.1) is 22.9 Å². The number of rotatable bonds is 3. The van der Waals surface area contributed by atoms with E-state index in [0.717, 1.165) is 5.69 Å². The number of thiazole rings is 1. The fourth-order valence-corrected chi connectivity index (χ4v) is 2.09. The second-order valence-electron chi connectivity index (χ2n) is 3.08. The standard InChI is InChI=1S/C10H8ClN3OS/c1-6-12-3-2-7(13-6)10-14-8(5-16-10)9(15)4-11/h2-3,5H,4H2,1H3. The first-order valence-electron chi connectivity index (χ1n) is 4.55. The van der Waals surface area contributed by atoms with Crippen molar-refractivity contribution in [1.29, 1.82) is 0 Å². The number of Topliss-reactive ketones (excluding diaryl/α,β-unsaturated/α-hetero) is 1. The van der Waals surface area contributed by atoms with Crippen molar-refractivity contribution in [3.05, 3.63) is 29.2 Å². The number of hydrogen-bond acceptors (Lipinski definition) is 5. The summed E-state index contributed by atoms with van der Waals surface area (Å²) in [5.74, 6) is 0.458. The van der Waals surface area contributed by atoms with Gasteiger partial charge in [-0.2, -0.15) is 0 Å². The Morgan fingerprint density at radius 2 is 2.31 bits per heavy atom. The minimum Gasteiger partial charge on any atom is -0.291 e. The van der Waals surface area contributed by atoms with Crippen LogP contribution in [0.3, 0.4) is 0 Å². The molecule has 0 bridgehead atoms. The summed E-state index contributed by atoms with van der Waals surface area (Å²) in [6, 6.07) is 1.76. The zero-order valence-electron chi connectivity index (χ0n) is 8.48. The number of aromatic nitrogens is 3. The van der Waals surface area contributed by atoms with E-state index in [2.05, 4.69) is 15.0 Å². The molecule has 0 aliphatic rings. The summed E-state index contributed by atoms with van der Waals surface area (Å²) < 4.78 is 0. The van der Waals surface area contributed by atoms with Crippen molar-refractivity contribution >= 4 is 28.7 Å². The highest BCUT2D eigenvalue weighted by molar-refractivity contribution is 7.13. The third-order valence-electron chi connectivity index (χ3n) is 1.91. The van der Waals surface area contributed by atoms with E-state index in [9.17, 15) is 4.79 Å². The average molecular weight is 254 g/mol. The van der Waals surface area contributed by atoms with Gasteiger partial charge in [0.05, 0.1) is 5.88 Å². The third kappa shape index (κ3) is 2.25. The number of aryl methyl sites for hydroxylation is 1. The molecule has 0 fully saturated rings. The topological polar surface area (TPSA) is 55.7 Å². The van der Waals surface area contributed by atoms with Crippen molar-refractivity contribution in [3.8, 4) is 10.7 Å². The normalized spacial score (nSPS) is 10.4. The van der Waals surface area contributed by atoms with E-state index in [1.807, 2.05) is 6.92 Å². The van der Waals surface area contributed by atoms with Crippen molar-refractivity contribution < 1.29 is 4.79 Å². The molecule has 0 aliphatic heterocycles. The molecule has 0 saturated heterocycles. The number of nitrogens with zero attached hydrogens (tertiary/aromatic N) is 3. The molecule has 0 N–H and O–H groups in total. The summed E-state index contributed by atoms with van der Waals surface area (Å²) in [5.41, 5.74) is 1.12. The average Bonchev–Trinajstić information content (AvgIpc) is 2.77. The van der Waals surface area contributed by atoms with Crippen molar-refractivity contribution in [2.45, 2.75) is 6.92 Å². The highest BCUT2D eigenvalue weighted by Gasteiger charge is 2.11. The fraction of sp³-hybridized carbons (Fsp3) is 0.200. The van der Waals surface area contributed by atoms with Gasteiger partial charge in [-0.25, -0.2) is 15.0 Å². The number of carbonyl (C=O) groups is 1. The second kappa shape index (κ2) is 4.67. The van der Waals surface area contributed by atoms with Crippen LogP contribution in [0.2, 0.25) is 0 Å².